The maximum absolute atomic E-state index is 14.0. The van der Waals surface area contributed by atoms with Crippen LogP contribution in [0.15, 0.2) is 59.3 Å². The van der Waals surface area contributed by atoms with Crippen molar-refractivity contribution in [2.45, 2.75) is 76.5 Å². The number of carbonyl (C=O) groups is 4. The van der Waals surface area contributed by atoms with Crippen LogP contribution in [0.2, 0.25) is 0 Å². The van der Waals surface area contributed by atoms with Crippen molar-refractivity contribution < 1.29 is 37.8 Å². The molecule has 2 aromatic carbocycles. The van der Waals surface area contributed by atoms with Crippen molar-refractivity contribution in [2.75, 3.05) is 40.5 Å². The first-order valence-corrected chi connectivity index (χ1v) is 20.6. The van der Waals surface area contributed by atoms with Gasteiger partial charge in [-0.1, -0.05) is 32.0 Å². The number of methoxy groups -OCH3 is 2. The summed E-state index contributed by atoms with van der Waals surface area (Å²) in [6.45, 7) is 6.02. The zero-order valence-corrected chi connectivity index (χ0v) is 34.2. The van der Waals surface area contributed by atoms with Gasteiger partial charge in [-0.3, -0.25) is 9.59 Å². The molecule has 0 saturated carbocycles. The highest BCUT2D eigenvalue weighted by atomic mass is 16.5. The molecule has 17 heteroatoms. The van der Waals surface area contributed by atoms with Crippen molar-refractivity contribution in [1.82, 2.24) is 45.4 Å². The highest BCUT2D eigenvalue weighted by molar-refractivity contribution is 5.87. The molecule has 17 nitrogen and oxygen atoms in total. The minimum atomic E-state index is -0.711. The molecule has 3 aliphatic rings. The highest BCUT2D eigenvalue weighted by Crippen LogP contribution is 2.36. The van der Waals surface area contributed by atoms with Crippen molar-refractivity contribution in [1.29, 1.82) is 0 Å². The normalized spacial score (nSPS) is 19.4. The molecule has 0 radical (unpaired) electrons. The lowest BCUT2D eigenvalue weighted by atomic mass is 9.90. The van der Waals surface area contributed by atoms with Gasteiger partial charge in [-0.15, -0.1) is 0 Å². The first-order valence-electron chi connectivity index (χ1n) is 20.6. The van der Waals surface area contributed by atoms with E-state index in [4.69, 9.17) is 28.6 Å². The standard InChI is InChI=1S/C43H51N9O8/c1-24(2)35(49-42(55)57-3)40(53)51-17-5-7-32(51)38-45-23-31(47-38)28-13-14-29-34(21-28)60-39(48-29)27-11-9-25(10-12-27)30-22-44-37(46-30)33-8-6-18-52(33)41(54)36(50-43(56)58-4)26-15-19-59-20-16-26/h9-14,21-24,26,32-33,35-36H,5-8,15-20H2,1-4H3,(H,44,46)(H,45,47)(H,49,55)(H,50,56)/t32-,33-,35-,36-/m0/s1. The van der Waals surface area contributed by atoms with E-state index >= 15 is 0 Å². The van der Waals surface area contributed by atoms with Crippen LogP contribution in [0, 0.1) is 11.8 Å². The number of aromatic nitrogens is 5. The Kier molecular flexibility index (Phi) is 11.9. The summed E-state index contributed by atoms with van der Waals surface area (Å²) in [5.41, 5.74) is 5.49. The SMILES string of the molecule is COC(=O)N[C@H](C(=O)N1CCC[C@H]1c1ncc(-c2ccc3nc(-c4ccc(-c5cnc([C@@H]6CCCN6C(=O)[C@@H](NC(=O)OC)C6CCOCC6)[nH]5)cc4)oc3c2)[nH]1)C(C)C. The lowest BCUT2D eigenvalue weighted by molar-refractivity contribution is -0.137. The maximum Gasteiger partial charge on any atom is 0.407 e. The van der Waals surface area contributed by atoms with Crippen LogP contribution in [0.3, 0.4) is 0 Å². The van der Waals surface area contributed by atoms with Crippen LogP contribution in [-0.4, -0.2) is 111 Å². The number of hydrogen-bond acceptors (Lipinski definition) is 11. The van der Waals surface area contributed by atoms with E-state index in [1.807, 2.05) is 61.2 Å². The number of ether oxygens (including phenoxy) is 3. The van der Waals surface area contributed by atoms with Crippen molar-refractivity contribution in [3.05, 3.63) is 66.5 Å². The number of imidazole rings is 2. The summed E-state index contributed by atoms with van der Waals surface area (Å²) in [7, 11) is 2.58. The van der Waals surface area contributed by atoms with Crippen molar-refractivity contribution in [3.63, 3.8) is 0 Å². The second-order valence-electron chi connectivity index (χ2n) is 15.9. The molecule has 3 aromatic heterocycles. The summed E-state index contributed by atoms with van der Waals surface area (Å²) in [6, 6.07) is 11.7. The number of benzene rings is 2. The minimum absolute atomic E-state index is 0.0401. The molecule has 0 spiro atoms. The predicted molar refractivity (Wildman–Crippen MR) is 219 cm³/mol. The summed E-state index contributed by atoms with van der Waals surface area (Å²) in [4.78, 5) is 76.4. The van der Waals surface area contributed by atoms with Gasteiger partial charge < -0.3 is 49.0 Å². The Morgan fingerprint density at radius 3 is 1.93 bits per heavy atom. The average Bonchev–Trinajstić information content (AvgIpc) is 4.13. The number of nitrogens with one attached hydrogen (secondary N) is 4. The van der Waals surface area contributed by atoms with E-state index in [0.29, 0.717) is 67.8 Å². The number of rotatable bonds is 11. The van der Waals surface area contributed by atoms with Gasteiger partial charge in [-0.25, -0.2) is 24.5 Å². The van der Waals surface area contributed by atoms with Gasteiger partial charge in [0.05, 0.1) is 50.1 Å². The zero-order chi connectivity index (χ0) is 41.9. The van der Waals surface area contributed by atoms with Gasteiger partial charge in [0.25, 0.3) is 0 Å². The minimum Gasteiger partial charge on any atom is -0.453 e. The second kappa shape index (κ2) is 17.6. The molecule has 3 fully saturated rings. The number of H-pyrrole nitrogens is 2. The van der Waals surface area contributed by atoms with Gasteiger partial charge in [-0.2, -0.15) is 0 Å². The number of fused-ring (bicyclic) bond motifs is 1. The lowest BCUT2D eigenvalue weighted by Gasteiger charge is -2.34. The molecule has 5 aromatic rings. The second-order valence-corrected chi connectivity index (χ2v) is 15.9. The quantitative estimate of drug-likeness (QED) is 0.119. The Morgan fingerprint density at radius 1 is 0.750 bits per heavy atom. The molecule has 60 heavy (non-hydrogen) atoms. The van der Waals surface area contributed by atoms with Crippen LogP contribution >= 0.6 is 0 Å². The molecule has 4 amide bonds. The Labute approximate surface area is 347 Å². The third kappa shape index (κ3) is 8.30. The first-order chi connectivity index (χ1) is 29.1. The fourth-order valence-corrected chi connectivity index (χ4v) is 8.62. The molecule has 4 N–H and O–H groups in total. The average molecular weight is 822 g/mol. The maximum atomic E-state index is 14.0. The zero-order valence-electron chi connectivity index (χ0n) is 34.2. The van der Waals surface area contributed by atoms with Gasteiger partial charge in [-0.05, 0) is 80.2 Å². The molecule has 3 saturated heterocycles. The van der Waals surface area contributed by atoms with E-state index in [2.05, 4.69) is 25.6 Å². The van der Waals surface area contributed by atoms with E-state index in [1.165, 1.54) is 14.2 Å². The summed E-state index contributed by atoms with van der Waals surface area (Å²) >= 11 is 0. The number of hydrogen-bond donors (Lipinski definition) is 4. The molecule has 4 atom stereocenters. The molecule has 0 aliphatic carbocycles. The molecule has 6 heterocycles. The first kappa shape index (κ1) is 40.5. The molecule has 316 valence electrons. The van der Waals surface area contributed by atoms with Gasteiger partial charge in [0.15, 0.2) is 5.58 Å². The number of likely N-dealkylation sites (tertiary alicyclic amines) is 2. The van der Waals surface area contributed by atoms with Crippen LogP contribution in [0.4, 0.5) is 9.59 Å². The third-order valence-corrected chi connectivity index (χ3v) is 11.9. The van der Waals surface area contributed by atoms with Crippen LogP contribution in [0.1, 0.15) is 76.1 Å². The molecular formula is C43H51N9O8. The summed E-state index contributed by atoms with van der Waals surface area (Å²) < 4.78 is 21.4. The number of amides is 4. The molecule has 0 bridgehead atoms. The van der Waals surface area contributed by atoms with Crippen LogP contribution < -0.4 is 10.6 Å². The number of aromatic amines is 2. The van der Waals surface area contributed by atoms with Gasteiger partial charge >= 0.3 is 12.2 Å². The molecule has 3 aliphatic heterocycles. The Hall–Kier alpha value is -6.23. The fourth-order valence-electron chi connectivity index (χ4n) is 8.62. The smallest absolute Gasteiger partial charge is 0.407 e. The monoisotopic (exact) mass is 821 g/mol. The molecular weight excluding hydrogens is 771 g/mol. The van der Waals surface area contributed by atoms with Crippen LogP contribution in [0.5, 0.6) is 0 Å². The lowest BCUT2D eigenvalue weighted by Crippen LogP contribution is -2.53. The van der Waals surface area contributed by atoms with Crippen LogP contribution in [-0.2, 0) is 23.8 Å². The Bertz CT molecular complexity index is 2330. The van der Waals surface area contributed by atoms with Crippen molar-refractivity contribution in [3.8, 4) is 34.0 Å². The third-order valence-electron chi connectivity index (χ3n) is 11.9. The van der Waals surface area contributed by atoms with Crippen molar-refractivity contribution >= 4 is 35.1 Å². The van der Waals surface area contributed by atoms with Gasteiger partial charge in [0.1, 0.15) is 29.2 Å². The summed E-state index contributed by atoms with van der Waals surface area (Å²) in [6.07, 6.45) is 6.80. The summed E-state index contributed by atoms with van der Waals surface area (Å²) in [5, 5.41) is 5.49. The highest BCUT2D eigenvalue weighted by Gasteiger charge is 2.41. The predicted octanol–water partition coefficient (Wildman–Crippen LogP) is 6.13. The number of carbonyl (C=O) groups excluding carboxylic acids is 4. The van der Waals surface area contributed by atoms with E-state index in [1.54, 1.807) is 17.3 Å². The number of alkyl carbamates (subject to hydrolysis) is 2. The summed E-state index contributed by atoms with van der Waals surface area (Å²) in [5.74, 6) is 1.40. The number of oxazole rings is 1. The van der Waals surface area contributed by atoms with E-state index in [0.717, 1.165) is 53.8 Å². The van der Waals surface area contributed by atoms with E-state index < -0.39 is 24.3 Å². The fraction of sp³-hybridized carbons (Fsp3) is 0.465. The topological polar surface area (TPSA) is 210 Å². The molecule has 8 rings (SSSR count). The number of nitrogens with zero attached hydrogens (tertiary/aromatic N) is 5. The van der Waals surface area contributed by atoms with E-state index in [9.17, 15) is 19.2 Å². The van der Waals surface area contributed by atoms with Crippen LogP contribution in [0.25, 0.3) is 45.1 Å². The Morgan fingerprint density at radius 2 is 1.32 bits per heavy atom. The van der Waals surface area contributed by atoms with Gasteiger partial charge in [0, 0.05) is 37.4 Å². The van der Waals surface area contributed by atoms with Gasteiger partial charge in [0.2, 0.25) is 17.7 Å². The molecule has 0 unspecified atom stereocenters. The van der Waals surface area contributed by atoms with Crippen molar-refractivity contribution in [2.24, 2.45) is 11.8 Å². The van der Waals surface area contributed by atoms with E-state index in [-0.39, 0.29) is 35.7 Å². The largest absolute Gasteiger partial charge is 0.453 e. The Balaban J connectivity index is 0.943.